The number of aromatic amines is 1. The number of ether oxygens (including phenoxy) is 2. The Hall–Kier alpha value is -3.35. The summed E-state index contributed by atoms with van der Waals surface area (Å²) in [5, 5.41) is 10.8. The van der Waals surface area contributed by atoms with E-state index in [1.54, 1.807) is 19.2 Å². The van der Waals surface area contributed by atoms with Gasteiger partial charge < -0.3 is 19.6 Å². The molecular formula is C19H21N3O4. The number of methoxy groups -OCH3 is 2. The molecule has 0 unspecified atom stereocenters. The first kappa shape index (κ1) is 17.5. The number of anilines is 1. The summed E-state index contributed by atoms with van der Waals surface area (Å²) in [6.45, 7) is 3.90. The fraction of sp³-hybridized carbons (Fsp3) is 0.211. The monoisotopic (exact) mass is 355 g/mol. The molecule has 0 spiro atoms. The van der Waals surface area contributed by atoms with Crippen molar-refractivity contribution in [3.63, 3.8) is 0 Å². The first-order chi connectivity index (χ1) is 12.4. The van der Waals surface area contributed by atoms with Crippen LogP contribution < -0.4 is 15.6 Å². The summed E-state index contributed by atoms with van der Waals surface area (Å²) in [6, 6.07) is 9.00. The Labute approximate surface area is 150 Å². The minimum atomic E-state index is -0.588. The molecule has 0 saturated heterocycles. The number of fused-ring (bicyclic) bond motifs is 1. The van der Waals surface area contributed by atoms with Gasteiger partial charge in [0.15, 0.2) is 0 Å². The van der Waals surface area contributed by atoms with Crippen LogP contribution in [0.15, 0.2) is 30.3 Å². The number of carbonyl (C=O) groups is 1. The first-order valence-electron chi connectivity index (χ1n) is 8.05. The Balaban J connectivity index is 2.11. The summed E-state index contributed by atoms with van der Waals surface area (Å²) >= 11 is 0. The largest absolute Gasteiger partial charge is 0.508 e. The zero-order valence-electron chi connectivity index (χ0n) is 15.1. The SMILES string of the molecule is COC(=O)NNc1cc(OC)c(-c2c(C)[nH]c3ccc(O)cc23)cc1C. The lowest BCUT2D eigenvalue weighted by molar-refractivity contribution is 0.173. The number of phenolic OH excluding ortho intramolecular Hbond substituents is 1. The molecule has 26 heavy (non-hydrogen) atoms. The van der Waals surface area contributed by atoms with Crippen molar-refractivity contribution in [1.29, 1.82) is 0 Å². The number of aromatic hydroxyl groups is 1. The number of benzene rings is 2. The minimum absolute atomic E-state index is 0.203. The molecule has 0 aliphatic carbocycles. The summed E-state index contributed by atoms with van der Waals surface area (Å²) in [5.41, 5.74) is 10.6. The van der Waals surface area contributed by atoms with Gasteiger partial charge in [-0.3, -0.25) is 5.43 Å². The van der Waals surface area contributed by atoms with Gasteiger partial charge in [0.2, 0.25) is 0 Å². The molecule has 136 valence electrons. The van der Waals surface area contributed by atoms with E-state index < -0.39 is 6.09 Å². The fourth-order valence-corrected chi connectivity index (χ4v) is 3.02. The Bertz CT molecular complexity index is 979. The van der Waals surface area contributed by atoms with E-state index in [2.05, 4.69) is 20.6 Å². The number of hydrazine groups is 1. The number of aryl methyl sites for hydroxylation is 2. The van der Waals surface area contributed by atoms with Gasteiger partial charge in [0.05, 0.1) is 19.9 Å². The van der Waals surface area contributed by atoms with E-state index in [0.717, 1.165) is 33.3 Å². The Morgan fingerprint density at radius 2 is 1.92 bits per heavy atom. The standard InChI is InChI=1S/C19H21N3O4/c1-10-7-14(17(25-3)9-16(10)21-22-19(24)26-4)18-11(2)20-15-6-5-12(23)8-13(15)18/h5-9,20-21,23H,1-4H3,(H,22,24). The number of carbonyl (C=O) groups excluding carboxylic acids is 1. The summed E-state index contributed by atoms with van der Waals surface area (Å²) in [4.78, 5) is 14.6. The van der Waals surface area contributed by atoms with E-state index in [4.69, 9.17) is 4.74 Å². The lowest BCUT2D eigenvalue weighted by atomic mass is 9.98. The minimum Gasteiger partial charge on any atom is -0.508 e. The van der Waals surface area contributed by atoms with Crippen LogP contribution in [0.1, 0.15) is 11.3 Å². The van der Waals surface area contributed by atoms with Gasteiger partial charge >= 0.3 is 6.09 Å². The van der Waals surface area contributed by atoms with Gasteiger partial charge in [-0.2, -0.15) is 0 Å². The lowest BCUT2D eigenvalue weighted by Gasteiger charge is -2.16. The zero-order chi connectivity index (χ0) is 18.8. The maximum Gasteiger partial charge on any atom is 0.425 e. The van der Waals surface area contributed by atoms with Gasteiger partial charge in [-0.05, 0) is 43.7 Å². The highest BCUT2D eigenvalue weighted by Gasteiger charge is 2.17. The molecule has 1 heterocycles. The Kier molecular flexibility index (Phi) is 4.62. The van der Waals surface area contributed by atoms with Crippen LogP contribution in [0.25, 0.3) is 22.0 Å². The summed E-state index contributed by atoms with van der Waals surface area (Å²) in [7, 11) is 2.89. The van der Waals surface area contributed by atoms with Crippen molar-refractivity contribution in [3.05, 3.63) is 41.6 Å². The first-order valence-corrected chi connectivity index (χ1v) is 8.05. The normalized spacial score (nSPS) is 10.6. The van der Waals surface area contributed by atoms with Crippen LogP contribution >= 0.6 is 0 Å². The molecule has 3 aromatic rings. The number of hydrogen-bond acceptors (Lipinski definition) is 5. The van der Waals surface area contributed by atoms with Crippen molar-refractivity contribution in [1.82, 2.24) is 10.4 Å². The maximum absolute atomic E-state index is 11.3. The second kappa shape index (κ2) is 6.87. The number of amides is 1. The third kappa shape index (κ3) is 3.11. The predicted molar refractivity (Wildman–Crippen MR) is 101 cm³/mol. The second-order valence-electron chi connectivity index (χ2n) is 5.96. The molecule has 0 fully saturated rings. The fourth-order valence-electron chi connectivity index (χ4n) is 3.02. The highest BCUT2D eigenvalue weighted by molar-refractivity contribution is 6.00. The molecule has 2 aromatic carbocycles. The number of aromatic nitrogens is 1. The van der Waals surface area contributed by atoms with Crippen LogP contribution in [0.5, 0.6) is 11.5 Å². The van der Waals surface area contributed by atoms with E-state index in [0.29, 0.717) is 11.4 Å². The molecule has 0 bridgehead atoms. The molecule has 0 saturated carbocycles. The van der Waals surface area contributed by atoms with Crippen molar-refractivity contribution in [2.24, 2.45) is 0 Å². The smallest absolute Gasteiger partial charge is 0.425 e. The van der Waals surface area contributed by atoms with Gasteiger partial charge in [0.1, 0.15) is 11.5 Å². The highest BCUT2D eigenvalue weighted by atomic mass is 16.5. The van der Waals surface area contributed by atoms with E-state index >= 15 is 0 Å². The Morgan fingerprint density at radius 3 is 2.62 bits per heavy atom. The molecular weight excluding hydrogens is 334 g/mol. The Morgan fingerprint density at radius 1 is 1.15 bits per heavy atom. The van der Waals surface area contributed by atoms with Gasteiger partial charge in [-0.15, -0.1) is 0 Å². The molecule has 0 aliphatic heterocycles. The molecule has 3 rings (SSSR count). The highest BCUT2D eigenvalue weighted by Crippen LogP contribution is 2.41. The van der Waals surface area contributed by atoms with Gasteiger partial charge in [0.25, 0.3) is 0 Å². The third-order valence-corrected chi connectivity index (χ3v) is 4.27. The van der Waals surface area contributed by atoms with E-state index in [1.165, 1.54) is 7.11 Å². The number of nitrogens with one attached hydrogen (secondary N) is 3. The number of rotatable bonds is 4. The quantitative estimate of drug-likeness (QED) is 0.533. The van der Waals surface area contributed by atoms with Gasteiger partial charge in [-0.25, -0.2) is 10.2 Å². The average molecular weight is 355 g/mol. The summed E-state index contributed by atoms with van der Waals surface area (Å²) in [6.07, 6.45) is -0.588. The molecule has 1 aromatic heterocycles. The van der Waals surface area contributed by atoms with Crippen LogP contribution in [-0.2, 0) is 4.74 Å². The average Bonchev–Trinajstić information content (AvgIpc) is 2.94. The van der Waals surface area contributed by atoms with Crippen LogP contribution in [0.4, 0.5) is 10.5 Å². The molecule has 4 N–H and O–H groups in total. The van der Waals surface area contributed by atoms with Crippen molar-refractivity contribution < 1.29 is 19.4 Å². The molecule has 0 radical (unpaired) electrons. The molecule has 7 heteroatoms. The van der Waals surface area contributed by atoms with Crippen LogP contribution in [-0.4, -0.2) is 30.4 Å². The summed E-state index contributed by atoms with van der Waals surface area (Å²) < 4.78 is 10.1. The van der Waals surface area contributed by atoms with Crippen molar-refractivity contribution >= 4 is 22.7 Å². The van der Waals surface area contributed by atoms with Crippen LogP contribution in [0.3, 0.4) is 0 Å². The molecule has 0 aliphatic rings. The number of hydrogen-bond donors (Lipinski definition) is 4. The number of phenols is 1. The van der Waals surface area contributed by atoms with Crippen molar-refractivity contribution in [2.75, 3.05) is 19.6 Å². The second-order valence-corrected chi connectivity index (χ2v) is 5.96. The molecule has 1 amide bonds. The maximum atomic E-state index is 11.3. The van der Waals surface area contributed by atoms with Crippen molar-refractivity contribution in [2.45, 2.75) is 13.8 Å². The topological polar surface area (TPSA) is 95.6 Å². The van der Waals surface area contributed by atoms with Gasteiger partial charge in [0, 0.05) is 33.8 Å². The number of H-pyrrole nitrogens is 1. The van der Waals surface area contributed by atoms with Crippen LogP contribution in [0.2, 0.25) is 0 Å². The lowest BCUT2D eigenvalue weighted by Crippen LogP contribution is -2.29. The van der Waals surface area contributed by atoms with E-state index in [9.17, 15) is 9.90 Å². The third-order valence-electron chi connectivity index (χ3n) is 4.27. The van der Waals surface area contributed by atoms with E-state index in [1.807, 2.05) is 32.0 Å². The van der Waals surface area contributed by atoms with E-state index in [-0.39, 0.29) is 5.75 Å². The predicted octanol–water partition coefficient (Wildman–Crippen LogP) is 3.85. The molecule has 0 atom stereocenters. The molecule has 7 nitrogen and oxygen atoms in total. The van der Waals surface area contributed by atoms with Crippen molar-refractivity contribution in [3.8, 4) is 22.6 Å². The zero-order valence-corrected chi connectivity index (χ0v) is 15.1. The summed E-state index contributed by atoms with van der Waals surface area (Å²) in [5.74, 6) is 0.839. The van der Waals surface area contributed by atoms with Gasteiger partial charge in [-0.1, -0.05) is 0 Å². The van der Waals surface area contributed by atoms with Crippen LogP contribution in [0, 0.1) is 13.8 Å².